The second-order valence-electron chi connectivity index (χ2n) is 4.08. The standard InChI is InChI=1S/C14H14N4O2/c15-13(18-20)11-6-4-10(5-7-11)9-17-14(19)12-3-1-2-8-16-12/h1-8,20H,9H2,(H2,15,18)(H,17,19). The number of oxime groups is 1. The van der Waals surface area contributed by atoms with Crippen LogP contribution in [-0.4, -0.2) is 21.9 Å². The molecule has 0 radical (unpaired) electrons. The molecule has 0 spiro atoms. The van der Waals surface area contributed by atoms with Gasteiger partial charge in [-0.3, -0.25) is 9.78 Å². The van der Waals surface area contributed by atoms with E-state index in [1.165, 1.54) is 0 Å². The number of amidine groups is 1. The molecule has 2 aromatic rings. The predicted octanol–water partition coefficient (Wildman–Crippen LogP) is 1.11. The van der Waals surface area contributed by atoms with Gasteiger partial charge in [0, 0.05) is 18.3 Å². The summed E-state index contributed by atoms with van der Waals surface area (Å²) in [6, 6.07) is 12.2. The minimum atomic E-state index is -0.230. The maximum Gasteiger partial charge on any atom is 0.270 e. The van der Waals surface area contributed by atoms with E-state index in [1.54, 1.807) is 48.7 Å². The summed E-state index contributed by atoms with van der Waals surface area (Å²) in [5.41, 5.74) is 7.36. The van der Waals surface area contributed by atoms with E-state index in [9.17, 15) is 4.79 Å². The number of hydrogen-bond acceptors (Lipinski definition) is 4. The van der Waals surface area contributed by atoms with Crippen LogP contribution in [-0.2, 0) is 6.54 Å². The average molecular weight is 270 g/mol. The minimum absolute atomic E-state index is 0.0501. The number of amides is 1. The van der Waals surface area contributed by atoms with Gasteiger partial charge in [0.25, 0.3) is 5.91 Å². The van der Waals surface area contributed by atoms with Crippen molar-refractivity contribution in [3.05, 3.63) is 65.5 Å². The van der Waals surface area contributed by atoms with Gasteiger partial charge in [-0.15, -0.1) is 0 Å². The van der Waals surface area contributed by atoms with E-state index in [4.69, 9.17) is 10.9 Å². The predicted molar refractivity (Wildman–Crippen MR) is 74.4 cm³/mol. The Hall–Kier alpha value is -2.89. The molecule has 20 heavy (non-hydrogen) atoms. The van der Waals surface area contributed by atoms with Crippen LogP contribution >= 0.6 is 0 Å². The van der Waals surface area contributed by atoms with Crippen molar-refractivity contribution in [3.63, 3.8) is 0 Å². The van der Waals surface area contributed by atoms with Crippen molar-refractivity contribution >= 4 is 11.7 Å². The van der Waals surface area contributed by atoms with Gasteiger partial charge in [-0.2, -0.15) is 0 Å². The summed E-state index contributed by atoms with van der Waals surface area (Å²) in [6.45, 7) is 0.381. The maximum atomic E-state index is 11.8. The number of hydrogen-bond donors (Lipinski definition) is 3. The van der Waals surface area contributed by atoms with Crippen molar-refractivity contribution in [2.75, 3.05) is 0 Å². The molecule has 0 fully saturated rings. The Morgan fingerprint density at radius 3 is 2.60 bits per heavy atom. The molecule has 1 amide bonds. The quantitative estimate of drug-likeness (QED) is 0.335. The van der Waals surface area contributed by atoms with Gasteiger partial charge in [0.2, 0.25) is 0 Å². The Morgan fingerprint density at radius 1 is 1.25 bits per heavy atom. The molecule has 4 N–H and O–H groups in total. The van der Waals surface area contributed by atoms with Gasteiger partial charge in [0.05, 0.1) is 0 Å². The second-order valence-corrected chi connectivity index (χ2v) is 4.08. The summed E-state index contributed by atoms with van der Waals surface area (Å²) in [7, 11) is 0. The molecule has 0 atom stereocenters. The van der Waals surface area contributed by atoms with Crippen molar-refractivity contribution in [3.8, 4) is 0 Å². The minimum Gasteiger partial charge on any atom is -0.409 e. The zero-order valence-electron chi connectivity index (χ0n) is 10.7. The van der Waals surface area contributed by atoms with E-state index in [2.05, 4.69) is 15.5 Å². The highest BCUT2D eigenvalue weighted by atomic mass is 16.4. The van der Waals surface area contributed by atoms with Gasteiger partial charge in [-0.1, -0.05) is 35.5 Å². The summed E-state index contributed by atoms with van der Waals surface area (Å²) >= 11 is 0. The molecule has 0 aliphatic rings. The molecule has 0 bridgehead atoms. The fourth-order valence-electron chi connectivity index (χ4n) is 1.62. The number of carbonyl (C=O) groups is 1. The first-order chi connectivity index (χ1) is 9.70. The Morgan fingerprint density at radius 2 is 2.00 bits per heavy atom. The Balaban J connectivity index is 1.96. The van der Waals surface area contributed by atoms with Crippen LogP contribution in [0, 0.1) is 0 Å². The topological polar surface area (TPSA) is 101 Å². The van der Waals surface area contributed by atoms with E-state index in [-0.39, 0.29) is 11.7 Å². The molecule has 6 heteroatoms. The van der Waals surface area contributed by atoms with Gasteiger partial charge in [-0.25, -0.2) is 0 Å². The molecule has 0 unspecified atom stereocenters. The summed E-state index contributed by atoms with van der Waals surface area (Å²) in [4.78, 5) is 15.8. The van der Waals surface area contributed by atoms with Crippen molar-refractivity contribution in [1.82, 2.24) is 10.3 Å². The average Bonchev–Trinajstić information content (AvgIpc) is 2.53. The Bertz CT molecular complexity index is 609. The van der Waals surface area contributed by atoms with Gasteiger partial charge in [-0.05, 0) is 17.7 Å². The number of nitrogens with two attached hydrogens (primary N) is 1. The molecule has 6 nitrogen and oxygen atoms in total. The zero-order valence-corrected chi connectivity index (χ0v) is 10.7. The first kappa shape index (κ1) is 13.5. The highest BCUT2D eigenvalue weighted by Gasteiger charge is 2.05. The second kappa shape index (κ2) is 6.33. The largest absolute Gasteiger partial charge is 0.409 e. The molecule has 1 aromatic heterocycles. The van der Waals surface area contributed by atoms with E-state index in [0.29, 0.717) is 17.8 Å². The molecular weight excluding hydrogens is 256 g/mol. The fourth-order valence-corrected chi connectivity index (χ4v) is 1.62. The fraction of sp³-hybridized carbons (Fsp3) is 0.0714. The number of nitrogens with one attached hydrogen (secondary N) is 1. The van der Waals surface area contributed by atoms with Gasteiger partial charge in [0.1, 0.15) is 5.69 Å². The van der Waals surface area contributed by atoms with Gasteiger partial charge in [0.15, 0.2) is 5.84 Å². The number of rotatable bonds is 4. The van der Waals surface area contributed by atoms with Crippen molar-refractivity contribution in [2.24, 2.45) is 10.9 Å². The van der Waals surface area contributed by atoms with Crippen molar-refractivity contribution in [1.29, 1.82) is 0 Å². The van der Waals surface area contributed by atoms with Crippen LogP contribution in [0.2, 0.25) is 0 Å². The van der Waals surface area contributed by atoms with Gasteiger partial charge < -0.3 is 16.3 Å². The Kier molecular flexibility index (Phi) is 4.28. The monoisotopic (exact) mass is 270 g/mol. The normalized spacial score (nSPS) is 11.1. The molecule has 2 rings (SSSR count). The third kappa shape index (κ3) is 3.32. The van der Waals surface area contributed by atoms with Crippen LogP contribution < -0.4 is 11.1 Å². The number of aromatic nitrogens is 1. The van der Waals surface area contributed by atoms with E-state index in [0.717, 1.165) is 5.56 Å². The molecular formula is C14H14N4O2. The smallest absolute Gasteiger partial charge is 0.270 e. The molecule has 0 saturated carbocycles. The first-order valence-electron chi connectivity index (χ1n) is 5.97. The highest BCUT2D eigenvalue weighted by Crippen LogP contribution is 2.04. The zero-order chi connectivity index (χ0) is 14.4. The third-order valence-corrected chi connectivity index (χ3v) is 2.71. The van der Waals surface area contributed by atoms with Crippen molar-refractivity contribution < 1.29 is 10.0 Å². The maximum absolute atomic E-state index is 11.8. The molecule has 1 aromatic carbocycles. The van der Waals surface area contributed by atoms with Crippen molar-refractivity contribution in [2.45, 2.75) is 6.54 Å². The van der Waals surface area contributed by atoms with Crippen LogP contribution in [0.5, 0.6) is 0 Å². The lowest BCUT2D eigenvalue weighted by molar-refractivity contribution is 0.0946. The summed E-state index contributed by atoms with van der Waals surface area (Å²) < 4.78 is 0. The van der Waals surface area contributed by atoms with Gasteiger partial charge >= 0.3 is 0 Å². The lowest BCUT2D eigenvalue weighted by Gasteiger charge is -2.05. The first-order valence-corrected chi connectivity index (χ1v) is 5.97. The highest BCUT2D eigenvalue weighted by molar-refractivity contribution is 5.97. The number of benzene rings is 1. The molecule has 0 aliphatic carbocycles. The van der Waals surface area contributed by atoms with E-state index < -0.39 is 0 Å². The molecule has 0 saturated heterocycles. The Labute approximate surface area is 115 Å². The molecule has 0 aliphatic heterocycles. The molecule has 102 valence electrons. The lowest BCUT2D eigenvalue weighted by Crippen LogP contribution is -2.23. The number of nitrogens with zero attached hydrogens (tertiary/aromatic N) is 2. The van der Waals surface area contributed by atoms with Crippen LogP contribution in [0.3, 0.4) is 0 Å². The number of carbonyl (C=O) groups excluding carboxylic acids is 1. The van der Waals surface area contributed by atoms with E-state index >= 15 is 0 Å². The summed E-state index contributed by atoms with van der Waals surface area (Å²) in [5, 5.41) is 14.2. The summed E-state index contributed by atoms with van der Waals surface area (Å²) in [6.07, 6.45) is 1.57. The number of pyridine rings is 1. The lowest BCUT2D eigenvalue weighted by atomic mass is 10.1. The van der Waals surface area contributed by atoms with Crippen LogP contribution in [0.1, 0.15) is 21.6 Å². The van der Waals surface area contributed by atoms with Crippen LogP contribution in [0.25, 0.3) is 0 Å². The van der Waals surface area contributed by atoms with Crippen LogP contribution in [0.4, 0.5) is 0 Å². The van der Waals surface area contributed by atoms with E-state index in [1.807, 2.05) is 0 Å². The third-order valence-electron chi connectivity index (χ3n) is 2.71. The SMILES string of the molecule is NC(=NO)c1ccc(CNC(=O)c2ccccn2)cc1. The molecule has 1 heterocycles. The summed E-state index contributed by atoms with van der Waals surface area (Å²) in [5.74, 6) is -0.180. The van der Waals surface area contributed by atoms with Crippen LogP contribution in [0.15, 0.2) is 53.8 Å².